The van der Waals surface area contributed by atoms with Crippen molar-refractivity contribution in [2.75, 3.05) is 7.11 Å². The molecule has 0 aliphatic rings. The molecule has 0 saturated heterocycles. The van der Waals surface area contributed by atoms with Gasteiger partial charge in [-0.05, 0) is 49.6 Å². The summed E-state index contributed by atoms with van der Waals surface area (Å²) in [6.07, 6.45) is 0. The molecular weight excluding hydrogens is 236 g/mol. The van der Waals surface area contributed by atoms with Crippen LogP contribution in [0.1, 0.15) is 16.7 Å². The lowest BCUT2D eigenvalue weighted by atomic mass is 10.0. The zero-order valence-corrected chi connectivity index (χ0v) is 11.8. The van der Waals surface area contributed by atoms with Crippen molar-refractivity contribution in [2.24, 2.45) is 0 Å². The van der Waals surface area contributed by atoms with Gasteiger partial charge in [0.15, 0.2) is 5.75 Å². The van der Waals surface area contributed by atoms with Crippen molar-refractivity contribution in [3.8, 4) is 16.9 Å². The van der Waals surface area contributed by atoms with Crippen molar-refractivity contribution >= 4 is 0 Å². The van der Waals surface area contributed by atoms with Crippen LogP contribution in [-0.2, 0) is 0 Å². The fourth-order valence-electron chi connectivity index (χ4n) is 2.13. The Morgan fingerprint density at radius 1 is 0.895 bits per heavy atom. The molecule has 2 aromatic carbocycles. The molecule has 2 heteroatoms. The van der Waals surface area contributed by atoms with Crippen molar-refractivity contribution in [1.29, 1.82) is 0 Å². The topological polar surface area (TPSA) is 26.3 Å². The molecule has 0 amide bonds. The maximum Gasteiger partial charge on any atom is 0.223 e. The van der Waals surface area contributed by atoms with Crippen molar-refractivity contribution in [3.05, 3.63) is 63.3 Å². The molecule has 0 spiro atoms. The van der Waals surface area contributed by atoms with Crippen LogP contribution < -0.4 is 10.2 Å². The van der Waals surface area contributed by atoms with Crippen LogP contribution in [0.5, 0.6) is 5.75 Å². The highest BCUT2D eigenvalue weighted by Gasteiger charge is 2.07. The van der Waals surface area contributed by atoms with Crippen LogP contribution in [0.2, 0.25) is 0 Å². The van der Waals surface area contributed by atoms with E-state index in [0.29, 0.717) is 11.3 Å². The second-order valence-electron chi connectivity index (χ2n) is 4.83. The molecule has 2 aromatic rings. The van der Waals surface area contributed by atoms with E-state index in [2.05, 4.69) is 31.2 Å². The number of hydrogen-bond donors (Lipinski definition) is 0. The van der Waals surface area contributed by atoms with E-state index in [-0.39, 0.29) is 5.43 Å². The maximum absolute atomic E-state index is 12.1. The Labute approximate surface area is 113 Å². The minimum Gasteiger partial charge on any atom is -0.493 e. The van der Waals surface area contributed by atoms with Crippen LogP contribution in [0.25, 0.3) is 11.1 Å². The highest BCUT2D eigenvalue weighted by atomic mass is 16.5. The fourth-order valence-corrected chi connectivity index (χ4v) is 2.13. The molecular formula is C17H18O2. The summed E-state index contributed by atoms with van der Waals surface area (Å²) in [7, 11) is 1.53. The first-order valence-corrected chi connectivity index (χ1v) is 6.29. The third-order valence-corrected chi connectivity index (χ3v) is 3.30. The molecule has 2 nitrogen and oxygen atoms in total. The lowest BCUT2D eigenvalue weighted by molar-refractivity contribution is 0.411. The van der Waals surface area contributed by atoms with Gasteiger partial charge in [-0.15, -0.1) is 0 Å². The number of ether oxygens (including phenoxy) is 1. The zero-order valence-electron chi connectivity index (χ0n) is 11.8. The average Bonchev–Trinajstić information content (AvgIpc) is 2.51. The lowest BCUT2D eigenvalue weighted by Gasteiger charge is -2.04. The SMILES string of the molecule is COc1cc(C)c(-c2ccc(C)cc2)cc(C)c1=O. The van der Waals surface area contributed by atoms with Gasteiger partial charge in [-0.3, -0.25) is 4.79 Å². The molecule has 0 saturated carbocycles. The van der Waals surface area contributed by atoms with E-state index < -0.39 is 0 Å². The molecule has 0 atom stereocenters. The van der Waals surface area contributed by atoms with Crippen molar-refractivity contribution < 1.29 is 4.74 Å². The summed E-state index contributed by atoms with van der Waals surface area (Å²) in [4.78, 5) is 12.1. The highest BCUT2D eigenvalue weighted by Crippen LogP contribution is 2.25. The molecule has 98 valence electrons. The first kappa shape index (κ1) is 13.3. The first-order valence-electron chi connectivity index (χ1n) is 6.29. The van der Waals surface area contributed by atoms with Crippen LogP contribution in [0.15, 0.2) is 41.2 Å². The van der Waals surface area contributed by atoms with Crippen LogP contribution in [0.3, 0.4) is 0 Å². The number of methoxy groups -OCH3 is 1. The monoisotopic (exact) mass is 254 g/mol. The summed E-state index contributed by atoms with van der Waals surface area (Å²) >= 11 is 0. The zero-order chi connectivity index (χ0) is 14.0. The van der Waals surface area contributed by atoms with Gasteiger partial charge in [0.1, 0.15) is 0 Å². The van der Waals surface area contributed by atoms with E-state index in [1.165, 1.54) is 12.7 Å². The summed E-state index contributed by atoms with van der Waals surface area (Å²) < 4.78 is 5.16. The van der Waals surface area contributed by atoms with E-state index in [0.717, 1.165) is 16.7 Å². The summed E-state index contributed by atoms with van der Waals surface area (Å²) in [6, 6.07) is 12.1. The third-order valence-electron chi connectivity index (χ3n) is 3.30. The molecule has 2 rings (SSSR count). The van der Waals surface area contributed by atoms with E-state index in [1.54, 1.807) is 0 Å². The van der Waals surface area contributed by atoms with Gasteiger partial charge in [0.2, 0.25) is 5.43 Å². The van der Waals surface area contributed by atoms with Gasteiger partial charge >= 0.3 is 0 Å². The number of benzene rings is 1. The summed E-state index contributed by atoms with van der Waals surface area (Å²) in [5.41, 5.74) is 5.08. The Kier molecular flexibility index (Phi) is 3.70. The molecule has 0 fully saturated rings. The van der Waals surface area contributed by atoms with Gasteiger partial charge in [0.05, 0.1) is 7.11 Å². The summed E-state index contributed by atoms with van der Waals surface area (Å²) in [5.74, 6) is 0.397. The third kappa shape index (κ3) is 2.68. The van der Waals surface area contributed by atoms with Gasteiger partial charge in [-0.25, -0.2) is 0 Å². The number of hydrogen-bond acceptors (Lipinski definition) is 2. The molecule has 0 aliphatic heterocycles. The molecule has 0 aromatic heterocycles. The van der Waals surface area contributed by atoms with Gasteiger partial charge in [-0.2, -0.15) is 0 Å². The molecule has 0 bridgehead atoms. The quantitative estimate of drug-likeness (QED) is 0.817. The summed E-state index contributed by atoms with van der Waals surface area (Å²) in [5, 5.41) is 0. The first-order chi connectivity index (χ1) is 9.02. The average molecular weight is 254 g/mol. The molecule has 0 aliphatic carbocycles. The van der Waals surface area contributed by atoms with Crippen molar-refractivity contribution in [1.82, 2.24) is 0 Å². The maximum atomic E-state index is 12.1. The Balaban J connectivity index is 2.72. The molecule has 0 N–H and O–H groups in total. The standard InChI is InChI=1S/C17H18O2/c1-11-5-7-14(8-6-11)15-9-13(3)17(18)16(19-4)10-12(15)2/h5-10H,1-4H3. The lowest BCUT2D eigenvalue weighted by Crippen LogP contribution is -2.04. The van der Waals surface area contributed by atoms with Gasteiger partial charge < -0.3 is 4.74 Å². The molecule has 0 unspecified atom stereocenters. The van der Waals surface area contributed by atoms with Crippen LogP contribution in [0, 0.1) is 20.8 Å². The van der Waals surface area contributed by atoms with Crippen LogP contribution >= 0.6 is 0 Å². The van der Waals surface area contributed by atoms with Crippen molar-refractivity contribution in [3.63, 3.8) is 0 Å². The predicted molar refractivity (Wildman–Crippen MR) is 78.9 cm³/mol. The highest BCUT2D eigenvalue weighted by molar-refractivity contribution is 5.68. The fraction of sp³-hybridized carbons (Fsp3) is 0.235. The second-order valence-corrected chi connectivity index (χ2v) is 4.83. The Hall–Kier alpha value is -2.09. The smallest absolute Gasteiger partial charge is 0.223 e. The molecule has 19 heavy (non-hydrogen) atoms. The number of aryl methyl sites for hydroxylation is 3. The number of rotatable bonds is 2. The van der Waals surface area contributed by atoms with E-state index in [4.69, 9.17) is 4.74 Å². The Morgan fingerprint density at radius 3 is 2.11 bits per heavy atom. The van der Waals surface area contributed by atoms with Crippen LogP contribution in [-0.4, -0.2) is 7.11 Å². The summed E-state index contributed by atoms with van der Waals surface area (Å²) in [6.45, 7) is 5.88. The van der Waals surface area contributed by atoms with Gasteiger partial charge in [-0.1, -0.05) is 29.8 Å². The molecule has 0 heterocycles. The normalized spacial score (nSPS) is 10.3. The Bertz CT molecular complexity index is 655. The second kappa shape index (κ2) is 5.27. The van der Waals surface area contributed by atoms with E-state index in [1.807, 2.05) is 26.0 Å². The van der Waals surface area contributed by atoms with Gasteiger partial charge in [0.25, 0.3) is 0 Å². The minimum atomic E-state index is -0.0519. The van der Waals surface area contributed by atoms with Gasteiger partial charge in [0, 0.05) is 5.56 Å². The van der Waals surface area contributed by atoms with E-state index >= 15 is 0 Å². The minimum absolute atomic E-state index is 0.0519. The predicted octanol–water partition coefficient (Wildman–Crippen LogP) is 3.65. The largest absolute Gasteiger partial charge is 0.493 e. The van der Waals surface area contributed by atoms with E-state index in [9.17, 15) is 4.79 Å². The van der Waals surface area contributed by atoms with Crippen molar-refractivity contribution in [2.45, 2.75) is 20.8 Å². The van der Waals surface area contributed by atoms with Crippen LogP contribution in [0.4, 0.5) is 0 Å². The molecule has 0 radical (unpaired) electrons. The Morgan fingerprint density at radius 2 is 1.53 bits per heavy atom.